The second-order valence-electron chi connectivity index (χ2n) is 5.40. The molecule has 2 heterocycles. The summed E-state index contributed by atoms with van der Waals surface area (Å²) in [4.78, 5) is 14.6. The molecule has 0 saturated carbocycles. The van der Waals surface area contributed by atoms with Crippen LogP contribution in [0.2, 0.25) is 0 Å². The zero-order valence-electron chi connectivity index (χ0n) is 13.6. The number of thiophene rings is 1. The van der Waals surface area contributed by atoms with Crippen LogP contribution in [-0.2, 0) is 0 Å². The van der Waals surface area contributed by atoms with E-state index in [1.165, 1.54) is 33.5 Å². The van der Waals surface area contributed by atoms with E-state index in [4.69, 9.17) is 0 Å². The van der Waals surface area contributed by atoms with Gasteiger partial charge in [0, 0.05) is 21.0 Å². The van der Waals surface area contributed by atoms with Crippen molar-refractivity contribution in [1.82, 2.24) is 10.2 Å². The molecule has 0 aliphatic carbocycles. The van der Waals surface area contributed by atoms with E-state index in [-0.39, 0.29) is 5.78 Å². The number of carbonyl (C=O) groups excluding carboxylic acids is 1. The Balaban J connectivity index is 1.59. The lowest BCUT2D eigenvalue weighted by Crippen LogP contribution is -2.02. The van der Waals surface area contributed by atoms with Crippen molar-refractivity contribution in [2.24, 2.45) is 0 Å². The maximum atomic E-state index is 12.3. The maximum absolute atomic E-state index is 12.3. The van der Waals surface area contributed by atoms with Crippen molar-refractivity contribution in [2.45, 2.75) is 25.1 Å². The highest BCUT2D eigenvalue weighted by atomic mass is 32.2. The van der Waals surface area contributed by atoms with Gasteiger partial charge in [0.15, 0.2) is 10.1 Å². The number of Topliss-reactive ketones (excluding diaryl/α,β-unsaturated/α-hetero) is 1. The topological polar surface area (TPSA) is 54.9 Å². The molecule has 1 N–H and O–H groups in total. The maximum Gasteiger partial charge on any atom is 0.210 e. The first-order chi connectivity index (χ1) is 11.5. The Morgan fingerprint density at radius 3 is 2.54 bits per heavy atom. The third kappa shape index (κ3) is 4.23. The summed E-state index contributed by atoms with van der Waals surface area (Å²) in [7, 11) is 0. The molecular formula is C17H17N3OS3. The first kappa shape index (κ1) is 17.1. The molecular weight excluding hydrogens is 358 g/mol. The van der Waals surface area contributed by atoms with Crippen LogP contribution in [0.25, 0.3) is 0 Å². The molecule has 0 aliphatic heterocycles. The molecule has 0 atom stereocenters. The molecule has 2 aromatic heterocycles. The lowest BCUT2D eigenvalue weighted by molar-refractivity contribution is 0.102. The highest BCUT2D eigenvalue weighted by Crippen LogP contribution is 2.29. The van der Waals surface area contributed by atoms with E-state index >= 15 is 0 Å². The Labute approximate surface area is 153 Å². The van der Waals surface area contributed by atoms with Crippen molar-refractivity contribution >= 4 is 51.0 Å². The summed E-state index contributed by atoms with van der Waals surface area (Å²) in [5.74, 6) is 0.529. The van der Waals surface area contributed by atoms with Crippen LogP contribution in [-0.4, -0.2) is 21.7 Å². The van der Waals surface area contributed by atoms with Gasteiger partial charge in [0.25, 0.3) is 0 Å². The number of rotatable bonds is 6. The van der Waals surface area contributed by atoms with Crippen LogP contribution in [0, 0.1) is 20.8 Å². The van der Waals surface area contributed by atoms with Gasteiger partial charge in [-0.05, 0) is 39.0 Å². The Kier molecular flexibility index (Phi) is 5.33. The molecule has 4 nitrogen and oxygen atoms in total. The van der Waals surface area contributed by atoms with Crippen LogP contribution in [0.3, 0.4) is 0 Å². The molecule has 0 saturated heterocycles. The van der Waals surface area contributed by atoms with Crippen molar-refractivity contribution in [3.63, 3.8) is 0 Å². The first-order valence-corrected chi connectivity index (χ1v) is 10.0. The van der Waals surface area contributed by atoms with Crippen LogP contribution in [0.5, 0.6) is 0 Å². The summed E-state index contributed by atoms with van der Waals surface area (Å²) in [5, 5.41) is 12.2. The van der Waals surface area contributed by atoms with E-state index in [0.717, 1.165) is 25.6 Å². The predicted octanol–water partition coefficient (Wildman–Crippen LogP) is 5.24. The van der Waals surface area contributed by atoms with Crippen molar-refractivity contribution in [3.05, 3.63) is 51.2 Å². The van der Waals surface area contributed by atoms with E-state index < -0.39 is 0 Å². The smallest absolute Gasteiger partial charge is 0.210 e. The monoisotopic (exact) mass is 375 g/mol. The minimum Gasteiger partial charge on any atom is -0.330 e. The highest BCUT2D eigenvalue weighted by molar-refractivity contribution is 8.01. The van der Waals surface area contributed by atoms with Crippen LogP contribution < -0.4 is 5.32 Å². The number of carbonyl (C=O) groups is 1. The predicted molar refractivity (Wildman–Crippen MR) is 103 cm³/mol. The largest absolute Gasteiger partial charge is 0.330 e. The van der Waals surface area contributed by atoms with Gasteiger partial charge in [0.2, 0.25) is 5.13 Å². The number of hydrogen-bond acceptors (Lipinski definition) is 7. The third-order valence-electron chi connectivity index (χ3n) is 3.38. The number of aryl methyl sites for hydroxylation is 3. The fourth-order valence-corrected chi connectivity index (χ4v) is 4.79. The molecule has 0 radical (unpaired) electrons. The molecule has 0 amide bonds. The number of nitrogens with zero attached hydrogens (tertiary/aromatic N) is 2. The van der Waals surface area contributed by atoms with Gasteiger partial charge in [-0.1, -0.05) is 40.8 Å². The summed E-state index contributed by atoms with van der Waals surface area (Å²) in [6, 6.07) is 10.1. The Hall–Kier alpha value is -1.70. The Morgan fingerprint density at radius 1 is 1.12 bits per heavy atom. The average Bonchev–Trinajstić information content (AvgIpc) is 3.13. The fourth-order valence-electron chi connectivity index (χ4n) is 2.19. The lowest BCUT2D eigenvalue weighted by Gasteiger charge is -2.01. The van der Waals surface area contributed by atoms with E-state index in [1.54, 1.807) is 11.3 Å². The highest BCUT2D eigenvalue weighted by Gasteiger charge is 2.14. The molecule has 3 aromatic rings. The van der Waals surface area contributed by atoms with E-state index in [2.05, 4.69) is 22.4 Å². The SMILES string of the molecule is Cc1ccc(Nc2nnc(SCC(=O)c3cc(C)sc3C)s2)cc1. The molecule has 0 fully saturated rings. The molecule has 1 aromatic carbocycles. The van der Waals surface area contributed by atoms with Crippen molar-refractivity contribution in [2.75, 3.05) is 11.1 Å². The number of ketones is 1. The number of nitrogens with one attached hydrogen (secondary N) is 1. The van der Waals surface area contributed by atoms with Crippen LogP contribution >= 0.6 is 34.4 Å². The number of anilines is 2. The van der Waals surface area contributed by atoms with Gasteiger partial charge in [-0.2, -0.15) is 0 Å². The Bertz CT molecular complexity index is 852. The third-order valence-corrected chi connectivity index (χ3v) is 6.32. The second-order valence-corrected chi connectivity index (χ2v) is 9.06. The summed E-state index contributed by atoms with van der Waals surface area (Å²) in [6.45, 7) is 6.07. The standard InChI is InChI=1S/C17H17N3OS3/c1-10-4-6-13(7-5-10)18-16-19-20-17(24-16)22-9-15(21)14-8-11(2)23-12(14)3/h4-8H,9H2,1-3H3,(H,18,19). The molecule has 3 rings (SSSR count). The Morgan fingerprint density at radius 2 is 1.88 bits per heavy atom. The lowest BCUT2D eigenvalue weighted by atomic mass is 10.2. The van der Waals surface area contributed by atoms with Gasteiger partial charge < -0.3 is 5.32 Å². The summed E-state index contributed by atoms with van der Waals surface area (Å²) >= 11 is 4.55. The van der Waals surface area contributed by atoms with Gasteiger partial charge >= 0.3 is 0 Å². The zero-order valence-corrected chi connectivity index (χ0v) is 16.1. The van der Waals surface area contributed by atoms with Crippen molar-refractivity contribution in [1.29, 1.82) is 0 Å². The molecule has 0 bridgehead atoms. The van der Waals surface area contributed by atoms with Gasteiger partial charge in [0.1, 0.15) is 0 Å². The van der Waals surface area contributed by atoms with Crippen LogP contribution in [0.1, 0.15) is 25.7 Å². The number of hydrogen-bond donors (Lipinski definition) is 1. The van der Waals surface area contributed by atoms with Gasteiger partial charge in [0.05, 0.1) is 5.75 Å². The normalized spacial score (nSPS) is 10.8. The van der Waals surface area contributed by atoms with Crippen LogP contribution in [0.4, 0.5) is 10.8 Å². The summed E-state index contributed by atoms with van der Waals surface area (Å²) < 4.78 is 0.794. The molecule has 0 unspecified atom stereocenters. The van der Waals surface area contributed by atoms with E-state index in [0.29, 0.717) is 5.75 Å². The molecule has 124 valence electrons. The van der Waals surface area contributed by atoms with Gasteiger partial charge in [-0.3, -0.25) is 4.79 Å². The van der Waals surface area contributed by atoms with Gasteiger partial charge in [-0.25, -0.2) is 0 Å². The minimum atomic E-state index is 0.144. The molecule has 0 spiro atoms. The minimum absolute atomic E-state index is 0.144. The van der Waals surface area contributed by atoms with Gasteiger partial charge in [-0.15, -0.1) is 21.5 Å². The quantitative estimate of drug-likeness (QED) is 0.471. The molecule has 7 heteroatoms. The van der Waals surface area contributed by atoms with E-state index in [9.17, 15) is 4.79 Å². The number of benzene rings is 1. The molecule has 24 heavy (non-hydrogen) atoms. The zero-order chi connectivity index (χ0) is 17.1. The molecule has 0 aliphatic rings. The average molecular weight is 376 g/mol. The second kappa shape index (κ2) is 7.46. The number of aromatic nitrogens is 2. The fraction of sp³-hybridized carbons (Fsp3) is 0.235. The van der Waals surface area contributed by atoms with Crippen molar-refractivity contribution < 1.29 is 4.79 Å². The number of thioether (sulfide) groups is 1. The van der Waals surface area contributed by atoms with Crippen molar-refractivity contribution in [3.8, 4) is 0 Å². The van der Waals surface area contributed by atoms with E-state index in [1.807, 2.05) is 44.2 Å². The first-order valence-electron chi connectivity index (χ1n) is 7.41. The van der Waals surface area contributed by atoms with Crippen LogP contribution in [0.15, 0.2) is 34.7 Å². The summed E-state index contributed by atoms with van der Waals surface area (Å²) in [5.41, 5.74) is 3.02. The summed E-state index contributed by atoms with van der Waals surface area (Å²) in [6.07, 6.45) is 0.